The summed E-state index contributed by atoms with van der Waals surface area (Å²) in [7, 11) is 3.08. The summed E-state index contributed by atoms with van der Waals surface area (Å²) in [5.41, 5.74) is -1.47. The molecule has 0 saturated heterocycles. The number of fused-ring (bicyclic) bond motifs is 7. The van der Waals surface area contributed by atoms with Crippen LogP contribution < -0.4 is 0 Å². The van der Waals surface area contributed by atoms with E-state index in [4.69, 9.17) is 9.47 Å². The second-order valence-corrected chi connectivity index (χ2v) is 15.0. The maximum absolute atomic E-state index is 14.5. The van der Waals surface area contributed by atoms with Crippen LogP contribution >= 0.6 is 0 Å². The summed E-state index contributed by atoms with van der Waals surface area (Å²) < 4.78 is 11.0. The minimum atomic E-state index is -0.841. The highest BCUT2D eigenvalue weighted by atomic mass is 16.5. The van der Waals surface area contributed by atoms with Crippen molar-refractivity contribution < 1.29 is 23.9 Å². The molecule has 5 aliphatic rings. The first kappa shape index (κ1) is 28.3. The molecule has 6 nitrogen and oxygen atoms in total. The number of carbonyl (C=O) groups is 3. The molecule has 0 aromatic rings. The van der Waals surface area contributed by atoms with E-state index in [0.29, 0.717) is 0 Å². The van der Waals surface area contributed by atoms with Gasteiger partial charge in [0.15, 0.2) is 11.6 Å². The van der Waals surface area contributed by atoms with Gasteiger partial charge in [0.2, 0.25) is 0 Å². The Morgan fingerprint density at radius 3 is 2.31 bits per heavy atom. The molecule has 0 aliphatic heterocycles. The lowest BCUT2D eigenvalue weighted by Gasteiger charge is -2.68. The average Bonchev–Trinajstić information content (AvgIpc) is 2.87. The highest BCUT2D eigenvalue weighted by Gasteiger charge is 2.71. The molecular weight excluding hydrogens is 490 g/mol. The normalized spacial score (nSPS) is 46.4. The molecule has 5 aliphatic carbocycles. The van der Waals surface area contributed by atoms with Crippen molar-refractivity contribution in [2.24, 2.45) is 50.2 Å². The first-order valence-electron chi connectivity index (χ1n) is 14.6. The van der Waals surface area contributed by atoms with Gasteiger partial charge in [0.1, 0.15) is 6.07 Å². The SMILES string of the molecule is COC[C@]1(C)C(=O)C(C#N)=C[C@]2(C)C3=CC(=O)C4C5CC(C)(C)CC[C@]5(C(=O)OC)CC[C@@]4(C)[C@]3(C)CC[C@H]21. The van der Waals surface area contributed by atoms with Crippen LogP contribution in [0.3, 0.4) is 0 Å². The number of ketones is 2. The van der Waals surface area contributed by atoms with E-state index >= 15 is 0 Å². The summed E-state index contributed by atoms with van der Waals surface area (Å²) >= 11 is 0. The number of nitrogens with zero attached hydrogens (tertiary/aromatic N) is 1. The van der Waals surface area contributed by atoms with Crippen LogP contribution in [0.15, 0.2) is 23.3 Å². The Bertz CT molecular complexity index is 1240. The van der Waals surface area contributed by atoms with Gasteiger partial charge in [0.05, 0.1) is 30.1 Å². The van der Waals surface area contributed by atoms with E-state index in [1.165, 1.54) is 7.11 Å². The van der Waals surface area contributed by atoms with Crippen LogP contribution in [-0.4, -0.2) is 38.4 Å². The van der Waals surface area contributed by atoms with E-state index < -0.39 is 16.2 Å². The minimum Gasteiger partial charge on any atom is -0.469 e. The fraction of sp³-hybridized carbons (Fsp3) is 0.758. The van der Waals surface area contributed by atoms with Crippen molar-refractivity contribution >= 4 is 17.5 Å². The molecule has 0 heterocycles. The number of rotatable bonds is 3. The van der Waals surface area contributed by atoms with Gasteiger partial charge in [-0.3, -0.25) is 14.4 Å². The Kier molecular flexibility index (Phi) is 6.25. The minimum absolute atomic E-state index is 0.0470. The maximum atomic E-state index is 14.5. The van der Waals surface area contributed by atoms with Crippen molar-refractivity contribution in [1.82, 2.24) is 0 Å². The highest BCUT2D eigenvalue weighted by Crippen LogP contribution is 2.74. The highest BCUT2D eigenvalue weighted by molar-refractivity contribution is 6.05. The quantitative estimate of drug-likeness (QED) is 0.411. The van der Waals surface area contributed by atoms with E-state index in [1.54, 1.807) is 7.11 Å². The Morgan fingerprint density at radius 2 is 1.69 bits per heavy atom. The third-order valence-corrected chi connectivity index (χ3v) is 12.7. The molecular formula is C33H45NO5. The molecule has 0 bridgehead atoms. The zero-order valence-electron chi connectivity index (χ0n) is 25.0. The van der Waals surface area contributed by atoms with Crippen LogP contribution in [0, 0.1) is 61.6 Å². The van der Waals surface area contributed by atoms with Crippen molar-refractivity contribution in [2.45, 2.75) is 86.5 Å². The summed E-state index contributed by atoms with van der Waals surface area (Å²) in [6.07, 6.45) is 9.42. The van der Waals surface area contributed by atoms with Gasteiger partial charge in [0, 0.05) is 18.4 Å². The molecule has 3 fully saturated rings. The average molecular weight is 536 g/mol. The second-order valence-electron chi connectivity index (χ2n) is 15.0. The van der Waals surface area contributed by atoms with E-state index in [0.717, 1.165) is 50.5 Å². The topological polar surface area (TPSA) is 93.5 Å². The number of allylic oxidation sites excluding steroid dienone is 4. The Morgan fingerprint density at radius 1 is 1.03 bits per heavy atom. The van der Waals surface area contributed by atoms with Crippen molar-refractivity contribution in [3.8, 4) is 6.07 Å². The number of nitriles is 1. The molecule has 212 valence electrons. The van der Waals surface area contributed by atoms with Crippen LogP contribution in [0.1, 0.15) is 86.5 Å². The summed E-state index contributed by atoms with van der Waals surface area (Å²) in [5.74, 6) is -0.635. The lowest BCUT2D eigenvalue weighted by atomic mass is 9.34. The van der Waals surface area contributed by atoms with Gasteiger partial charge in [-0.15, -0.1) is 0 Å². The molecule has 0 aromatic carbocycles. The molecule has 0 radical (unpaired) electrons. The Hall–Kier alpha value is -2.26. The van der Waals surface area contributed by atoms with Crippen LogP contribution in [-0.2, 0) is 23.9 Å². The molecule has 0 aromatic heterocycles. The van der Waals surface area contributed by atoms with Gasteiger partial charge < -0.3 is 9.47 Å². The standard InChI is InChI=1S/C33H45NO5/c1-28(2)11-13-33(27(37)39-8)14-12-32(6)25(21(33)17-28)22(35)15-24-29(3)16-20(18-34)26(36)30(4,19-38-7)23(29)9-10-31(24,32)5/h15-16,21,23,25H,9-14,17,19H2,1-8H3/t21?,23-,25?,29+,30+,31-,32-,33+/m1/s1. The summed E-state index contributed by atoms with van der Waals surface area (Å²) in [5, 5.41) is 9.99. The number of esters is 1. The number of Topliss-reactive ketones (excluding diaryl/α,β-unsaturated/α-hetero) is 1. The Labute approximate surface area is 233 Å². The molecule has 0 N–H and O–H groups in total. The van der Waals surface area contributed by atoms with Crippen molar-refractivity contribution in [1.29, 1.82) is 5.26 Å². The predicted octanol–water partition coefficient (Wildman–Crippen LogP) is 6.01. The lowest BCUT2D eigenvalue weighted by Crippen LogP contribution is -2.66. The molecule has 0 amide bonds. The van der Waals surface area contributed by atoms with E-state index in [9.17, 15) is 19.6 Å². The number of carbonyl (C=O) groups excluding carboxylic acids is 3. The smallest absolute Gasteiger partial charge is 0.312 e. The molecule has 0 spiro atoms. The number of hydrogen-bond acceptors (Lipinski definition) is 6. The van der Waals surface area contributed by atoms with E-state index in [2.05, 4.69) is 40.7 Å². The van der Waals surface area contributed by atoms with Crippen molar-refractivity contribution in [3.05, 3.63) is 23.3 Å². The molecule has 8 atom stereocenters. The lowest BCUT2D eigenvalue weighted by molar-refractivity contribution is -0.191. The third-order valence-electron chi connectivity index (χ3n) is 12.7. The number of methoxy groups -OCH3 is 2. The van der Waals surface area contributed by atoms with E-state index in [-0.39, 0.29) is 63.7 Å². The van der Waals surface area contributed by atoms with Gasteiger partial charge in [-0.2, -0.15) is 5.26 Å². The van der Waals surface area contributed by atoms with Gasteiger partial charge >= 0.3 is 5.97 Å². The summed E-state index contributed by atoms with van der Waals surface area (Å²) in [6.45, 7) is 13.4. The largest absolute Gasteiger partial charge is 0.469 e. The molecule has 3 saturated carbocycles. The van der Waals surface area contributed by atoms with E-state index in [1.807, 2.05) is 19.1 Å². The number of ether oxygens (including phenoxy) is 2. The third kappa shape index (κ3) is 3.44. The van der Waals surface area contributed by atoms with Crippen LogP contribution in [0.2, 0.25) is 0 Å². The van der Waals surface area contributed by atoms with Crippen molar-refractivity contribution in [3.63, 3.8) is 0 Å². The van der Waals surface area contributed by atoms with Gasteiger partial charge in [0.25, 0.3) is 0 Å². The summed E-state index contributed by atoms with van der Waals surface area (Å²) in [4.78, 5) is 41.4. The summed E-state index contributed by atoms with van der Waals surface area (Å²) in [6, 6.07) is 2.17. The van der Waals surface area contributed by atoms with Gasteiger partial charge in [-0.05, 0) is 86.0 Å². The van der Waals surface area contributed by atoms with Crippen molar-refractivity contribution in [2.75, 3.05) is 20.8 Å². The zero-order valence-corrected chi connectivity index (χ0v) is 25.0. The van der Waals surface area contributed by atoms with Crippen LogP contribution in [0.25, 0.3) is 0 Å². The molecule has 6 heteroatoms. The fourth-order valence-electron chi connectivity index (χ4n) is 10.5. The van der Waals surface area contributed by atoms with Gasteiger partial charge in [-0.25, -0.2) is 0 Å². The molecule has 2 unspecified atom stereocenters. The number of hydrogen-bond donors (Lipinski definition) is 0. The van der Waals surface area contributed by atoms with Gasteiger partial charge in [-0.1, -0.05) is 46.3 Å². The fourth-order valence-corrected chi connectivity index (χ4v) is 10.5. The van der Waals surface area contributed by atoms with Crippen LogP contribution in [0.4, 0.5) is 0 Å². The molecule has 39 heavy (non-hydrogen) atoms. The molecule has 5 rings (SSSR count). The predicted molar refractivity (Wildman–Crippen MR) is 147 cm³/mol. The Balaban J connectivity index is 1.70. The maximum Gasteiger partial charge on any atom is 0.312 e. The zero-order chi connectivity index (χ0) is 28.8. The first-order valence-corrected chi connectivity index (χ1v) is 14.6. The van der Waals surface area contributed by atoms with Crippen LogP contribution in [0.5, 0.6) is 0 Å². The monoisotopic (exact) mass is 535 g/mol. The second kappa shape index (κ2) is 8.62. The first-order chi connectivity index (χ1) is 18.1.